The Morgan fingerprint density at radius 2 is 2.22 bits per heavy atom. The van der Waals surface area contributed by atoms with Crippen LogP contribution in [0.2, 0.25) is 0 Å². The van der Waals surface area contributed by atoms with Crippen LogP contribution in [-0.2, 0) is 13.6 Å². The van der Waals surface area contributed by atoms with Gasteiger partial charge in [-0.05, 0) is 0 Å². The quantitative estimate of drug-likeness (QED) is 0.427. The van der Waals surface area contributed by atoms with Crippen molar-refractivity contribution in [3.8, 4) is 0 Å². The molecule has 0 rings (SSSR count). The molecule has 0 spiro atoms. The summed E-state index contributed by atoms with van der Waals surface area (Å²) in [4.78, 5) is 0. The molecule has 0 fully saturated rings. The molecule has 0 amide bonds. The van der Waals surface area contributed by atoms with Gasteiger partial charge in [0, 0.05) is 7.11 Å². The monoisotopic (exact) mass is 170 g/mol. The van der Waals surface area contributed by atoms with Crippen molar-refractivity contribution in [2.75, 3.05) is 20.3 Å². The van der Waals surface area contributed by atoms with E-state index in [2.05, 4.69) is 9.05 Å². The van der Waals surface area contributed by atoms with E-state index in [1.165, 1.54) is 7.11 Å². The zero-order valence-electron chi connectivity index (χ0n) is 4.59. The van der Waals surface area contributed by atoms with Crippen LogP contribution >= 0.6 is 8.25 Å². The van der Waals surface area contributed by atoms with E-state index >= 15 is 0 Å². The van der Waals surface area contributed by atoms with Crippen molar-refractivity contribution in [2.24, 2.45) is 0 Å². The van der Waals surface area contributed by atoms with Crippen molar-refractivity contribution in [1.82, 2.24) is 0 Å². The lowest BCUT2D eigenvalue weighted by Crippen LogP contribution is -1.91. The Bertz CT molecular complexity index is 78.2. The molecule has 0 aromatic heterocycles. The van der Waals surface area contributed by atoms with Gasteiger partial charge in [-0.25, -0.2) is 0 Å². The highest BCUT2D eigenvalue weighted by atomic mass is 31.1. The van der Waals surface area contributed by atoms with Gasteiger partial charge < -0.3 is 14.2 Å². The molecule has 0 saturated carbocycles. The molecule has 0 heterocycles. The topological polar surface area (TPSA) is 55.8 Å². The normalized spacial score (nSPS) is 12.2. The van der Waals surface area contributed by atoms with Crippen LogP contribution in [0.3, 0.4) is 0 Å². The van der Waals surface area contributed by atoms with Crippen molar-refractivity contribution in [2.45, 2.75) is 0 Å². The maximum Gasteiger partial charge on any atom is 0.318 e. The fourth-order valence-electron chi connectivity index (χ4n) is 0.188. The second-order valence-electron chi connectivity index (χ2n) is 1.03. The van der Waals surface area contributed by atoms with E-state index in [0.717, 1.165) is 0 Å². The van der Waals surface area contributed by atoms with Gasteiger partial charge >= 0.3 is 8.25 Å². The molecule has 0 aromatic carbocycles. The zero-order chi connectivity index (χ0) is 6.41. The SMILES string of the molecule is CO[PH](=O)OCCO.[AlH3]. The van der Waals surface area contributed by atoms with E-state index in [4.69, 9.17) is 5.11 Å². The molecule has 0 aromatic rings. The first-order valence-corrected chi connectivity index (χ1v) is 3.35. The summed E-state index contributed by atoms with van der Waals surface area (Å²) in [6, 6.07) is 0. The molecule has 0 saturated heterocycles. The molecule has 1 unspecified atom stereocenters. The van der Waals surface area contributed by atoms with Gasteiger partial charge in [-0.1, -0.05) is 0 Å². The van der Waals surface area contributed by atoms with Crippen LogP contribution in [0, 0.1) is 0 Å². The second-order valence-corrected chi connectivity index (χ2v) is 2.22. The van der Waals surface area contributed by atoms with E-state index in [9.17, 15) is 4.57 Å². The number of hydrogen-bond donors (Lipinski definition) is 1. The summed E-state index contributed by atoms with van der Waals surface area (Å²) >= 11 is 0. The number of aliphatic hydroxyl groups excluding tert-OH is 1. The maximum absolute atomic E-state index is 10.2. The highest BCUT2D eigenvalue weighted by Gasteiger charge is 1.91. The molecule has 1 atom stereocenters. The lowest BCUT2D eigenvalue weighted by molar-refractivity contribution is 0.185. The summed E-state index contributed by atoms with van der Waals surface area (Å²) in [6.45, 7) is -0.0502. The van der Waals surface area contributed by atoms with E-state index in [1.807, 2.05) is 0 Å². The molecule has 0 bridgehead atoms. The van der Waals surface area contributed by atoms with Gasteiger partial charge in [0.1, 0.15) is 0 Å². The van der Waals surface area contributed by atoms with E-state index < -0.39 is 8.25 Å². The first-order chi connectivity index (χ1) is 3.81. The van der Waals surface area contributed by atoms with E-state index in [-0.39, 0.29) is 30.6 Å². The van der Waals surface area contributed by atoms with Crippen molar-refractivity contribution in [3.63, 3.8) is 0 Å². The maximum atomic E-state index is 10.2. The van der Waals surface area contributed by atoms with Crippen molar-refractivity contribution in [1.29, 1.82) is 0 Å². The average molecular weight is 170 g/mol. The molecule has 1 N–H and O–H groups in total. The first kappa shape index (κ1) is 12.3. The fourth-order valence-corrected chi connectivity index (χ4v) is 0.564. The number of rotatable bonds is 4. The minimum absolute atomic E-state index is 0. The third-order valence-electron chi connectivity index (χ3n) is 0.478. The van der Waals surface area contributed by atoms with Gasteiger partial charge in [0.15, 0.2) is 17.4 Å². The van der Waals surface area contributed by atoms with Gasteiger partial charge in [-0.15, -0.1) is 0 Å². The van der Waals surface area contributed by atoms with Crippen LogP contribution in [0.4, 0.5) is 0 Å². The molecule has 6 heteroatoms. The van der Waals surface area contributed by atoms with Crippen LogP contribution in [-0.4, -0.2) is 42.8 Å². The number of hydrogen-bond acceptors (Lipinski definition) is 4. The van der Waals surface area contributed by atoms with Crippen LogP contribution in [0.5, 0.6) is 0 Å². The van der Waals surface area contributed by atoms with E-state index in [0.29, 0.717) is 0 Å². The summed E-state index contributed by atoms with van der Waals surface area (Å²) in [7, 11) is -1.01. The molecule has 0 aliphatic heterocycles. The number of aliphatic hydroxyl groups is 1. The molecule has 9 heavy (non-hydrogen) atoms. The van der Waals surface area contributed by atoms with Crippen LogP contribution in [0.15, 0.2) is 0 Å². The summed E-state index contributed by atoms with van der Waals surface area (Å²) in [5, 5.41) is 8.11. The molecule has 0 aliphatic carbocycles. The lowest BCUT2D eigenvalue weighted by atomic mass is 10.8. The minimum Gasteiger partial charge on any atom is -0.394 e. The Hall–Kier alpha value is 0.642. The lowest BCUT2D eigenvalue weighted by Gasteiger charge is -1.96. The van der Waals surface area contributed by atoms with Crippen molar-refractivity contribution in [3.05, 3.63) is 0 Å². The van der Waals surface area contributed by atoms with Gasteiger partial charge in [-0.3, -0.25) is 4.57 Å². The van der Waals surface area contributed by atoms with Crippen molar-refractivity contribution >= 4 is 25.6 Å². The predicted molar refractivity (Wildman–Crippen MR) is 39.0 cm³/mol. The summed E-state index contributed by atoms with van der Waals surface area (Å²) in [6.07, 6.45) is 0. The Morgan fingerprint density at radius 1 is 1.67 bits per heavy atom. The zero-order valence-corrected chi connectivity index (χ0v) is 5.59. The van der Waals surface area contributed by atoms with Crippen molar-refractivity contribution < 1.29 is 18.7 Å². The highest BCUT2D eigenvalue weighted by molar-refractivity contribution is 7.33. The van der Waals surface area contributed by atoms with Crippen LogP contribution < -0.4 is 0 Å². The Kier molecular flexibility index (Phi) is 11.8. The molecule has 0 radical (unpaired) electrons. The third kappa shape index (κ3) is 8.64. The standard InChI is InChI=1S/C3H9O4P.Al.3H/c1-6-8(5)7-3-2-4;;;;/h4,8H,2-3H2,1H3;;;;. The smallest absolute Gasteiger partial charge is 0.318 e. The highest BCUT2D eigenvalue weighted by Crippen LogP contribution is 2.20. The summed E-state index contributed by atoms with van der Waals surface area (Å²) < 4.78 is 18.9. The summed E-state index contributed by atoms with van der Waals surface area (Å²) in [5.41, 5.74) is 0. The van der Waals surface area contributed by atoms with Gasteiger partial charge in [0.05, 0.1) is 13.2 Å². The molecule has 0 aliphatic rings. The van der Waals surface area contributed by atoms with Gasteiger partial charge in [0.2, 0.25) is 0 Å². The molecule has 56 valence electrons. The third-order valence-corrected chi connectivity index (χ3v) is 1.25. The molecule has 4 nitrogen and oxygen atoms in total. The average Bonchev–Trinajstić information content (AvgIpc) is 1.83. The molecular formula is C3H12AlO4P. The molecular weight excluding hydrogens is 158 g/mol. The minimum atomic E-state index is -2.30. The van der Waals surface area contributed by atoms with Crippen LogP contribution in [0.1, 0.15) is 0 Å². The Morgan fingerprint density at radius 3 is 2.56 bits per heavy atom. The fraction of sp³-hybridized carbons (Fsp3) is 1.00. The Balaban J connectivity index is 0. The summed E-state index contributed by atoms with van der Waals surface area (Å²) in [5.74, 6) is 0. The second kappa shape index (κ2) is 8.64. The largest absolute Gasteiger partial charge is 0.394 e. The van der Waals surface area contributed by atoms with Crippen LogP contribution in [0.25, 0.3) is 0 Å². The Labute approximate surface area is 65.2 Å². The predicted octanol–water partition coefficient (Wildman–Crippen LogP) is -1.15. The van der Waals surface area contributed by atoms with E-state index in [1.54, 1.807) is 0 Å². The van der Waals surface area contributed by atoms with Gasteiger partial charge in [0.25, 0.3) is 0 Å². The van der Waals surface area contributed by atoms with Gasteiger partial charge in [-0.2, -0.15) is 0 Å². The first-order valence-electron chi connectivity index (χ1n) is 2.13.